The Hall–Kier alpha value is -1.06. The highest BCUT2D eigenvalue weighted by Crippen LogP contribution is 2.19. The number of aryl methyl sites for hydroxylation is 1. The molecule has 1 aromatic carbocycles. The van der Waals surface area contributed by atoms with E-state index in [2.05, 4.69) is 35.8 Å². The van der Waals surface area contributed by atoms with E-state index in [0.717, 1.165) is 37.9 Å². The largest absolute Gasteiger partial charge is 0.494 e. The second-order valence-electron chi connectivity index (χ2n) is 5.02. The fourth-order valence-electron chi connectivity index (χ4n) is 2.45. The third-order valence-electron chi connectivity index (χ3n) is 3.46. The zero-order valence-electron chi connectivity index (χ0n) is 11.5. The molecular formula is C15H24N2O. The molecule has 1 fully saturated rings. The van der Waals surface area contributed by atoms with Crippen molar-refractivity contribution in [2.45, 2.75) is 26.8 Å². The molecule has 0 bridgehead atoms. The van der Waals surface area contributed by atoms with Gasteiger partial charge in [0.2, 0.25) is 0 Å². The van der Waals surface area contributed by atoms with Crippen molar-refractivity contribution >= 4 is 0 Å². The van der Waals surface area contributed by atoms with Crippen LogP contribution in [-0.4, -0.2) is 26.2 Å². The fourth-order valence-corrected chi connectivity index (χ4v) is 2.45. The molecule has 1 aliphatic heterocycles. The highest BCUT2D eigenvalue weighted by molar-refractivity contribution is 5.36. The summed E-state index contributed by atoms with van der Waals surface area (Å²) in [6, 6.07) is 6.44. The minimum absolute atomic E-state index is 0.729. The Balaban J connectivity index is 1.80. The summed E-state index contributed by atoms with van der Waals surface area (Å²) >= 11 is 0. The molecule has 0 radical (unpaired) electrons. The van der Waals surface area contributed by atoms with Crippen molar-refractivity contribution in [3.63, 3.8) is 0 Å². The summed E-state index contributed by atoms with van der Waals surface area (Å²) in [5, 5.41) is 6.94. The summed E-state index contributed by atoms with van der Waals surface area (Å²) in [6.07, 6.45) is 1.30. The van der Waals surface area contributed by atoms with Crippen molar-refractivity contribution in [1.29, 1.82) is 0 Å². The molecule has 1 aliphatic rings. The van der Waals surface area contributed by atoms with E-state index in [9.17, 15) is 0 Å². The Morgan fingerprint density at radius 3 is 3.00 bits per heavy atom. The third-order valence-corrected chi connectivity index (χ3v) is 3.46. The standard InChI is InChI=1S/C15H24N2O/c1-3-18-15-5-4-13(8-12(15)2)9-17-11-14-6-7-16-10-14/h4-5,8,14,16-17H,3,6-7,9-11H2,1-2H3. The molecule has 3 heteroatoms. The van der Waals surface area contributed by atoms with Crippen molar-refractivity contribution in [2.24, 2.45) is 5.92 Å². The van der Waals surface area contributed by atoms with Gasteiger partial charge in [-0.2, -0.15) is 0 Å². The van der Waals surface area contributed by atoms with Gasteiger partial charge in [-0.1, -0.05) is 12.1 Å². The number of rotatable bonds is 6. The van der Waals surface area contributed by atoms with Gasteiger partial charge >= 0.3 is 0 Å². The first kappa shape index (κ1) is 13.4. The zero-order chi connectivity index (χ0) is 12.8. The normalized spacial score (nSPS) is 19.1. The first-order chi connectivity index (χ1) is 8.79. The van der Waals surface area contributed by atoms with Crippen LogP contribution in [0.1, 0.15) is 24.5 Å². The molecule has 0 aliphatic carbocycles. The van der Waals surface area contributed by atoms with E-state index in [0.29, 0.717) is 0 Å². The number of benzene rings is 1. The number of ether oxygens (including phenoxy) is 1. The second kappa shape index (κ2) is 6.76. The molecule has 0 aromatic heterocycles. The lowest BCUT2D eigenvalue weighted by Gasteiger charge is -2.12. The maximum atomic E-state index is 5.55. The number of hydrogen-bond donors (Lipinski definition) is 2. The minimum atomic E-state index is 0.729. The third kappa shape index (κ3) is 3.72. The lowest BCUT2D eigenvalue weighted by molar-refractivity contribution is 0.337. The van der Waals surface area contributed by atoms with E-state index in [1.165, 1.54) is 24.1 Å². The van der Waals surface area contributed by atoms with Gasteiger partial charge in [-0.15, -0.1) is 0 Å². The maximum absolute atomic E-state index is 5.55. The molecule has 1 heterocycles. The highest BCUT2D eigenvalue weighted by Gasteiger charge is 2.13. The molecule has 1 saturated heterocycles. The quantitative estimate of drug-likeness (QED) is 0.809. The predicted molar refractivity (Wildman–Crippen MR) is 75.0 cm³/mol. The molecule has 1 atom stereocenters. The van der Waals surface area contributed by atoms with Gasteiger partial charge in [0, 0.05) is 6.54 Å². The van der Waals surface area contributed by atoms with E-state index in [1.54, 1.807) is 0 Å². The van der Waals surface area contributed by atoms with E-state index < -0.39 is 0 Å². The Bertz CT molecular complexity index is 373. The molecule has 2 rings (SSSR count). The monoisotopic (exact) mass is 248 g/mol. The maximum Gasteiger partial charge on any atom is 0.122 e. The SMILES string of the molecule is CCOc1ccc(CNCC2CCNC2)cc1C. The van der Waals surface area contributed by atoms with Gasteiger partial charge in [0.15, 0.2) is 0 Å². The van der Waals surface area contributed by atoms with E-state index in [-0.39, 0.29) is 0 Å². The zero-order valence-corrected chi connectivity index (χ0v) is 11.5. The van der Waals surface area contributed by atoms with Crippen LogP contribution in [0.25, 0.3) is 0 Å². The summed E-state index contributed by atoms with van der Waals surface area (Å²) in [5.41, 5.74) is 2.56. The van der Waals surface area contributed by atoms with Crippen molar-refractivity contribution in [3.05, 3.63) is 29.3 Å². The van der Waals surface area contributed by atoms with Crippen LogP contribution in [-0.2, 0) is 6.54 Å². The van der Waals surface area contributed by atoms with E-state index >= 15 is 0 Å². The van der Waals surface area contributed by atoms with E-state index in [1.807, 2.05) is 6.92 Å². The van der Waals surface area contributed by atoms with Crippen LogP contribution >= 0.6 is 0 Å². The summed E-state index contributed by atoms with van der Waals surface area (Å²) in [5.74, 6) is 1.80. The van der Waals surface area contributed by atoms with Gasteiger partial charge in [0.1, 0.15) is 5.75 Å². The summed E-state index contributed by atoms with van der Waals surface area (Å²) in [4.78, 5) is 0. The average molecular weight is 248 g/mol. The van der Waals surface area contributed by atoms with Gasteiger partial charge in [-0.25, -0.2) is 0 Å². The molecule has 2 N–H and O–H groups in total. The van der Waals surface area contributed by atoms with Crippen molar-refractivity contribution in [3.8, 4) is 5.75 Å². The van der Waals surface area contributed by atoms with Crippen molar-refractivity contribution < 1.29 is 4.74 Å². The summed E-state index contributed by atoms with van der Waals surface area (Å²) < 4.78 is 5.55. The first-order valence-electron chi connectivity index (χ1n) is 6.93. The van der Waals surface area contributed by atoms with Gasteiger partial charge < -0.3 is 15.4 Å². The van der Waals surface area contributed by atoms with Crippen LogP contribution in [0.4, 0.5) is 0 Å². The fraction of sp³-hybridized carbons (Fsp3) is 0.600. The first-order valence-corrected chi connectivity index (χ1v) is 6.93. The molecule has 1 aromatic rings. The summed E-state index contributed by atoms with van der Waals surface area (Å²) in [7, 11) is 0. The van der Waals surface area contributed by atoms with Crippen LogP contribution in [0.2, 0.25) is 0 Å². The van der Waals surface area contributed by atoms with Crippen molar-refractivity contribution in [2.75, 3.05) is 26.2 Å². The molecular weight excluding hydrogens is 224 g/mol. The molecule has 1 unspecified atom stereocenters. The van der Waals surface area contributed by atoms with Crippen LogP contribution < -0.4 is 15.4 Å². The van der Waals surface area contributed by atoms with Gasteiger partial charge in [0.05, 0.1) is 6.61 Å². The van der Waals surface area contributed by atoms with E-state index in [4.69, 9.17) is 4.74 Å². The molecule has 100 valence electrons. The van der Waals surface area contributed by atoms with Gasteiger partial charge in [0.25, 0.3) is 0 Å². The molecule has 3 nitrogen and oxygen atoms in total. The molecule has 18 heavy (non-hydrogen) atoms. The summed E-state index contributed by atoms with van der Waals surface area (Å²) in [6.45, 7) is 9.25. The minimum Gasteiger partial charge on any atom is -0.494 e. The molecule has 0 saturated carbocycles. The smallest absolute Gasteiger partial charge is 0.122 e. The van der Waals surface area contributed by atoms with Crippen LogP contribution in [0, 0.1) is 12.8 Å². The van der Waals surface area contributed by atoms with Crippen LogP contribution in [0.15, 0.2) is 18.2 Å². The number of nitrogens with one attached hydrogen (secondary N) is 2. The molecule has 0 amide bonds. The Kier molecular flexibility index (Phi) is 5.02. The second-order valence-corrected chi connectivity index (χ2v) is 5.02. The Labute approximate surface area is 110 Å². The highest BCUT2D eigenvalue weighted by atomic mass is 16.5. The van der Waals surface area contributed by atoms with Crippen molar-refractivity contribution in [1.82, 2.24) is 10.6 Å². The Morgan fingerprint density at radius 1 is 1.44 bits per heavy atom. The lowest BCUT2D eigenvalue weighted by atomic mass is 10.1. The van der Waals surface area contributed by atoms with Crippen LogP contribution in [0.5, 0.6) is 5.75 Å². The molecule has 0 spiro atoms. The Morgan fingerprint density at radius 2 is 2.33 bits per heavy atom. The number of hydrogen-bond acceptors (Lipinski definition) is 3. The average Bonchev–Trinajstić information content (AvgIpc) is 2.86. The van der Waals surface area contributed by atoms with Gasteiger partial charge in [-0.3, -0.25) is 0 Å². The van der Waals surface area contributed by atoms with Crippen LogP contribution in [0.3, 0.4) is 0 Å². The topological polar surface area (TPSA) is 33.3 Å². The van der Waals surface area contributed by atoms with Gasteiger partial charge in [-0.05, 0) is 63.0 Å². The lowest BCUT2D eigenvalue weighted by Crippen LogP contribution is -2.24. The predicted octanol–water partition coefficient (Wildman–Crippen LogP) is 2.09.